The summed E-state index contributed by atoms with van der Waals surface area (Å²) >= 11 is 13.7. The van der Waals surface area contributed by atoms with Gasteiger partial charge in [-0.15, -0.1) is 11.3 Å². The summed E-state index contributed by atoms with van der Waals surface area (Å²) in [6.07, 6.45) is 2.64. The van der Waals surface area contributed by atoms with Gasteiger partial charge in [0.1, 0.15) is 10.8 Å². The Bertz CT molecular complexity index is 1210. The summed E-state index contributed by atoms with van der Waals surface area (Å²) in [5, 5.41) is 4.28. The Labute approximate surface area is 200 Å². The number of hydrogen-bond acceptors (Lipinski definition) is 4. The Morgan fingerprint density at radius 1 is 1.19 bits per heavy atom. The first-order chi connectivity index (χ1) is 15.0. The molecule has 1 aliphatic carbocycles. The normalized spacial score (nSPS) is 16.0. The van der Waals surface area contributed by atoms with Crippen LogP contribution in [0.3, 0.4) is 0 Å². The number of carbonyl (C=O) groups is 2. The fourth-order valence-electron chi connectivity index (χ4n) is 4.13. The number of furan rings is 1. The van der Waals surface area contributed by atoms with Crippen LogP contribution in [0, 0.1) is 11.3 Å². The average Bonchev–Trinajstić information content (AvgIpc) is 3.33. The standard InChI is InChI=1S/C24H24Cl2N2O3S/c1-24(2,3)12-4-6-14-19(10-12)32-23(20(14)21(27)29)28-22(30)18-9-8-17(31-18)15-11-13(25)5-7-16(15)26/h5,7-9,11-12H,4,6,10H2,1-3H3,(H2,27,29)(H,28,30). The van der Waals surface area contributed by atoms with Crippen LogP contribution in [-0.2, 0) is 12.8 Å². The van der Waals surface area contributed by atoms with Gasteiger partial charge in [0.05, 0.1) is 10.6 Å². The first kappa shape index (κ1) is 22.9. The minimum Gasteiger partial charge on any atom is -0.451 e. The van der Waals surface area contributed by atoms with Crippen LogP contribution in [0.5, 0.6) is 0 Å². The third kappa shape index (κ3) is 4.45. The van der Waals surface area contributed by atoms with Crippen molar-refractivity contribution in [3.63, 3.8) is 0 Å². The Morgan fingerprint density at radius 3 is 2.62 bits per heavy atom. The van der Waals surface area contributed by atoms with Crippen molar-refractivity contribution in [1.82, 2.24) is 0 Å². The molecule has 0 fully saturated rings. The van der Waals surface area contributed by atoms with Gasteiger partial charge in [-0.3, -0.25) is 9.59 Å². The van der Waals surface area contributed by atoms with Gasteiger partial charge < -0.3 is 15.5 Å². The number of carbonyl (C=O) groups excluding carboxylic acids is 2. The lowest BCUT2D eigenvalue weighted by atomic mass is 9.72. The molecule has 1 aliphatic rings. The molecule has 5 nitrogen and oxygen atoms in total. The van der Waals surface area contributed by atoms with E-state index in [2.05, 4.69) is 26.1 Å². The number of benzene rings is 1. The summed E-state index contributed by atoms with van der Waals surface area (Å²) < 4.78 is 5.74. The molecule has 4 rings (SSSR count). The molecular weight excluding hydrogens is 467 g/mol. The fourth-order valence-corrected chi connectivity index (χ4v) is 5.84. The van der Waals surface area contributed by atoms with E-state index in [1.54, 1.807) is 30.3 Å². The van der Waals surface area contributed by atoms with Gasteiger partial charge in [-0.1, -0.05) is 44.0 Å². The van der Waals surface area contributed by atoms with Crippen LogP contribution in [-0.4, -0.2) is 11.8 Å². The van der Waals surface area contributed by atoms with Crippen molar-refractivity contribution in [1.29, 1.82) is 0 Å². The molecule has 0 radical (unpaired) electrons. The van der Waals surface area contributed by atoms with Crippen LogP contribution < -0.4 is 11.1 Å². The molecule has 2 heterocycles. The smallest absolute Gasteiger partial charge is 0.292 e. The average molecular weight is 491 g/mol. The first-order valence-electron chi connectivity index (χ1n) is 10.4. The Balaban J connectivity index is 1.61. The van der Waals surface area contributed by atoms with Gasteiger partial charge in [0.15, 0.2) is 5.76 Å². The molecule has 0 bridgehead atoms. The number of fused-ring (bicyclic) bond motifs is 1. The first-order valence-corrected chi connectivity index (χ1v) is 11.9. The summed E-state index contributed by atoms with van der Waals surface area (Å²) in [6, 6.07) is 8.25. The molecule has 8 heteroatoms. The second kappa shape index (κ2) is 8.58. The highest BCUT2D eigenvalue weighted by Gasteiger charge is 2.33. The van der Waals surface area contributed by atoms with Crippen LogP contribution in [0.1, 0.15) is 58.5 Å². The molecule has 3 N–H and O–H groups in total. The third-order valence-corrected chi connectivity index (χ3v) is 7.72. The third-order valence-electron chi connectivity index (χ3n) is 5.99. The van der Waals surface area contributed by atoms with E-state index >= 15 is 0 Å². The minimum atomic E-state index is -0.530. The number of rotatable bonds is 4. The maximum absolute atomic E-state index is 12.9. The van der Waals surface area contributed by atoms with E-state index in [1.165, 1.54) is 11.3 Å². The van der Waals surface area contributed by atoms with Crippen LogP contribution in [0.15, 0.2) is 34.7 Å². The lowest BCUT2D eigenvalue weighted by Gasteiger charge is -2.33. The lowest BCUT2D eigenvalue weighted by molar-refractivity contribution is 0.0997. The summed E-state index contributed by atoms with van der Waals surface area (Å²) in [5.74, 6) is 0.0513. The molecule has 0 spiro atoms. The topological polar surface area (TPSA) is 85.3 Å². The summed E-state index contributed by atoms with van der Waals surface area (Å²) in [7, 11) is 0. The van der Waals surface area contributed by atoms with Gasteiger partial charge >= 0.3 is 0 Å². The summed E-state index contributed by atoms with van der Waals surface area (Å²) in [6.45, 7) is 6.69. The van der Waals surface area contributed by atoms with Gasteiger partial charge in [-0.25, -0.2) is 0 Å². The van der Waals surface area contributed by atoms with Crippen molar-refractivity contribution >= 4 is 51.4 Å². The number of primary amides is 1. The van der Waals surface area contributed by atoms with Gasteiger partial charge in [0.25, 0.3) is 11.8 Å². The van der Waals surface area contributed by atoms with Crippen LogP contribution >= 0.6 is 34.5 Å². The molecule has 168 valence electrons. The SMILES string of the molecule is CC(C)(C)C1CCc2c(sc(NC(=O)c3ccc(-c4cc(Cl)ccc4Cl)o3)c2C(N)=O)C1. The van der Waals surface area contributed by atoms with E-state index in [-0.39, 0.29) is 11.2 Å². The van der Waals surface area contributed by atoms with Crippen molar-refractivity contribution in [3.8, 4) is 11.3 Å². The number of nitrogens with two attached hydrogens (primary N) is 1. The highest BCUT2D eigenvalue weighted by molar-refractivity contribution is 7.17. The number of hydrogen-bond donors (Lipinski definition) is 2. The molecule has 0 aliphatic heterocycles. The van der Waals surface area contributed by atoms with E-state index in [1.807, 2.05) is 0 Å². The Kier molecular flexibility index (Phi) is 6.14. The van der Waals surface area contributed by atoms with E-state index < -0.39 is 11.8 Å². The predicted octanol–water partition coefficient (Wildman–Crippen LogP) is 6.82. The molecule has 1 aromatic carbocycles. The van der Waals surface area contributed by atoms with Crippen molar-refractivity contribution in [2.75, 3.05) is 5.32 Å². The second-order valence-corrected chi connectivity index (χ2v) is 11.1. The minimum absolute atomic E-state index is 0.102. The summed E-state index contributed by atoms with van der Waals surface area (Å²) in [5.41, 5.74) is 7.83. The highest BCUT2D eigenvalue weighted by Crippen LogP contribution is 2.44. The number of anilines is 1. The number of thiophene rings is 1. The molecule has 1 unspecified atom stereocenters. The molecule has 32 heavy (non-hydrogen) atoms. The monoisotopic (exact) mass is 490 g/mol. The Morgan fingerprint density at radius 2 is 1.94 bits per heavy atom. The van der Waals surface area contributed by atoms with Crippen LogP contribution in [0.25, 0.3) is 11.3 Å². The van der Waals surface area contributed by atoms with E-state index in [4.69, 9.17) is 33.4 Å². The Hall–Kier alpha value is -2.28. The number of amides is 2. The predicted molar refractivity (Wildman–Crippen MR) is 130 cm³/mol. The maximum atomic E-state index is 12.9. The fraction of sp³-hybridized carbons (Fsp3) is 0.333. The molecule has 0 saturated heterocycles. The zero-order chi connectivity index (χ0) is 23.2. The molecule has 3 aromatic rings. The van der Waals surface area contributed by atoms with Crippen molar-refractivity contribution in [2.24, 2.45) is 17.1 Å². The second-order valence-electron chi connectivity index (χ2n) is 9.12. The number of nitrogens with one attached hydrogen (secondary N) is 1. The number of halogens is 2. The van der Waals surface area contributed by atoms with Gasteiger partial charge in [0, 0.05) is 15.5 Å². The molecule has 0 saturated carbocycles. The highest BCUT2D eigenvalue weighted by atomic mass is 35.5. The quantitative estimate of drug-likeness (QED) is 0.420. The van der Waals surface area contributed by atoms with Gasteiger partial charge in [0.2, 0.25) is 0 Å². The molecule has 2 amide bonds. The van der Waals surface area contributed by atoms with E-state index in [0.717, 1.165) is 29.7 Å². The van der Waals surface area contributed by atoms with E-state index in [0.29, 0.717) is 37.9 Å². The van der Waals surface area contributed by atoms with E-state index in [9.17, 15) is 9.59 Å². The van der Waals surface area contributed by atoms with Gasteiger partial charge in [-0.05, 0) is 66.5 Å². The lowest BCUT2D eigenvalue weighted by Crippen LogP contribution is -2.27. The maximum Gasteiger partial charge on any atom is 0.292 e. The van der Waals surface area contributed by atoms with Crippen molar-refractivity contribution in [3.05, 3.63) is 62.1 Å². The van der Waals surface area contributed by atoms with Crippen molar-refractivity contribution < 1.29 is 14.0 Å². The zero-order valence-corrected chi connectivity index (χ0v) is 20.4. The summed E-state index contributed by atoms with van der Waals surface area (Å²) in [4.78, 5) is 26.3. The zero-order valence-electron chi connectivity index (χ0n) is 18.1. The van der Waals surface area contributed by atoms with Crippen LogP contribution in [0.4, 0.5) is 5.00 Å². The van der Waals surface area contributed by atoms with Crippen molar-refractivity contribution in [2.45, 2.75) is 40.0 Å². The molecule has 2 aromatic heterocycles. The largest absolute Gasteiger partial charge is 0.451 e. The van der Waals surface area contributed by atoms with Gasteiger partial charge in [-0.2, -0.15) is 0 Å². The molecular formula is C24H24Cl2N2O3S. The van der Waals surface area contributed by atoms with Crippen LogP contribution in [0.2, 0.25) is 10.0 Å². The molecule has 1 atom stereocenters.